The molecule has 0 aliphatic carbocycles. The second-order valence-electron chi connectivity index (χ2n) is 5.22. The van der Waals surface area contributed by atoms with E-state index in [-0.39, 0.29) is 5.82 Å². The van der Waals surface area contributed by atoms with Gasteiger partial charge < -0.3 is 10.1 Å². The van der Waals surface area contributed by atoms with E-state index in [0.717, 1.165) is 57.6 Å². The van der Waals surface area contributed by atoms with Crippen LogP contribution in [0.4, 0.5) is 4.39 Å². The van der Waals surface area contributed by atoms with Crippen molar-refractivity contribution >= 4 is 0 Å². The van der Waals surface area contributed by atoms with Gasteiger partial charge in [-0.1, -0.05) is 38.5 Å². The van der Waals surface area contributed by atoms with Crippen molar-refractivity contribution in [2.75, 3.05) is 26.3 Å². The molecule has 0 saturated carbocycles. The molecule has 0 fully saturated rings. The minimum atomic E-state index is -0.0964. The van der Waals surface area contributed by atoms with Crippen LogP contribution in [-0.2, 0) is 11.2 Å². The first-order chi connectivity index (χ1) is 9.77. The van der Waals surface area contributed by atoms with Gasteiger partial charge in [-0.25, -0.2) is 4.39 Å². The Morgan fingerprint density at radius 2 is 2.00 bits per heavy atom. The highest BCUT2D eigenvalue weighted by Crippen LogP contribution is 2.15. The molecular formula is C17H28FNO. The molecule has 114 valence electrons. The predicted octanol–water partition coefficient (Wildman–Crippen LogP) is 3.80. The molecule has 0 aliphatic heterocycles. The van der Waals surface area contributed by atoms with Gasteiger partial charge in [-0.15, -0.1) is 0 Å². The molecular weight excluding hydrogens is 253 g/mol. The highest BCUT2D eigenvalue weighted by atomic mass is 19.1. The minimum absolute atomic E-state index is 0.0964. The normalized spacial score (nSPS) is 12.6. The molecule has 1 N–H and O–H groups in total. The molecule has 0 heterocycles. The van der Waals surface area contributed by atoms with E-state index in [9.17, 15) is 4.39 Å². The van der Waals surface area contributed by atoms with Crippen LogP contribution in [0.2, 0.25) is 0 Å². The summed E-state index contributed by atoms with van der Waals surface area (Å²) in [4.78, 5) is 0. The van der Waals surface area contributed by atoms with E-state index >= 15 is 0 Å². The molecule has 0 radical (unpaired) electrons. The molecule has 20 heavy (non-hydrogen) atoms. The summed E-state index contributed by atoms with van der Waals surface area (Å²) >= 11 is 0. The zero-order chi connectivity index (χ0) is 14.6. The maximum absolute atomic E-state index is 13.7. The van der Waals surface area contributed by atoms with Gasteiger partial charge in [0.25, 0.3) is 0 Å². The van der Waals surface area contributed by atoms with Gasteiger partial charge >= 0.3 is 0 Å². The predicted molar refractivity (Wildman–Crippen MR) is 82.5 cm³/mol. The molecule has 0 bridgehead atoms. The summed E-state index contributed by atoms with van der Waals surface area (Å²) in [6.07, 6.45) is 4.03. The van der Waals surface area contributed by atoms with Gasteiger partial charge in [0.2, 0.25) is 0 Å². The highest BCUT2D eigenvalue weighted by molar-refractivity contribution is 5.17. The lowest BCUT2D eigenvalue weighted by Gasteiger charge is -2.18. The van der Waals surface area contributed by atoms with Crippen molar-refractivity contribution in [3.05, 3.63) is 35.6 Å². The quantitative estimate of drug-likeness (QED) is 0.623. The van der Waals surface area contributed by atoms with Crippen molar-refractivity contribution in [3.8, 4) is 0 Å². The summed E-state index contributed by atoms with van der Waals surface area (Å²) in [7, 11) is 0. The first-order valence-corrected chi connectivity index (χ1v) is 7.79. The van der Waals surface area contributed by atoms with Gasteiger partial charge in [0, 0.05) is 13.2 Å². The molecule has 0 saturated heterocycles. The third kappa shape index (κ3) is 7.01. The third-order valence-corrected chi connectivity index (χ3v) is 3.46. The first-order valence-electron chi connectivity index (χ1n) is 7.79. The summed E-state index contributed by atoms with van der Waals surface area (Å²) in [6, 6.07) is 7.07. The number of unbranched alkanes of at least 4 members (excludes halogenated alkanes) is 1. The van der Waals surface area contributed by atoms with E-state index in [0.29, 0.717) is 5.92 Å². The molecule has 0 amide bonds. The van der Waals surface area contributed by atoms with E-state index in [1.165, 1.54) is 6.07 Å². The van der Waals surface area contributed by atoms with E-state index in [1.54, 1.807) is 6.07 Å². The maximum atomic E-state index is 13.7. The SMILES string of the molecule is CCCCOCCC(CNCC)Cc1ccccc1F. The summed E-state index contributed by atoms with van der Waals surface area (Å²) in [5.74, 6) is 0.328. The molecule has 0 spiro atoms. The van der Waals surface area contributed by atoms with Crippen molar-refractivity contribution in [2.24, 2.45) is 5.92 Å². The Morgan fingerprint density at radius 1 is 1.20 bits per heavy atom. The molecule has 2 nitrogen and oxygen atoms in total. The van der Waals surface area contributed by atoms with Crippen LogP contribution in [0.3, 0.4) is 0 Å². The molecule has 1 aromatic rings. The van der Waals surface area contributed by atoms with Gasteiger partial charge in [-0.3, -0.25) is 0 Å². The largest absolute Gasteiger partial charge is 0.381 e. The third-order valence-electron chi connectivity index (χ3n) is 3.46. The number of halogens is 1. The van der Waals surface area contributed by atoms with Crippen LogP contribution in [0.1, 0.15) is 38.7 Å². The highest BCUT2D eigenvalue weighted by Gasteiger charge is 2.12. The number of rotatable bonds is 11. The first kappa shape index (κ1) is 17.1. The number of ether oxygens (including phenoxy) is 1. The molecule has 1 aromatic carbocycles. The zero-order valence-corrected chi connectivity index (χ0v) is 12.8. The number of nitrogens with one attached hydrogen (secondary N) is 1. The van der Waals surface area contributed by atoms with E-state index in [4.69, 9.17) is 4.74 Å². The number of hydrogen-bond donors (Lipinski definition) is 1. The Kier molecular flexibility index (Phi) is 9.25. The lowest BCUT2D eigenvalue weighted by atomic mass is 9.96. The molecule has 0 aromatic heterocycles. The monoisotopic (exact) mass is 281 g/mol. The lowest BCUT2D eigenvalue weighted by molar-refractivity contribution is 0.117. The van der Waals surface area contributed by atoms with Gasteiger partial charge in [0.05, 0.1) is 0 Å². The topological polar surface area (TPSA) is 21.3 Å². The van der Waals surface area contributed by atoms with Gasteiger partial charge in [0.1, 0.15) is 5.82 Å². The van der Waals surface area contributed by atoms with Crippen LogP contribution in [0, 0.1) is 11.7 Å². The standard InChI is InChI=1S/C17H28FNO/c1-3-5-11-20-12-10-15(14-19-4-2)13-16-8-6-7-9-17(16)18/h6-9,15,19H,3-5,10-14H2,1-2H3. The zero-order valence-electron chi connectivity index (χ0n) is 12.8. The van der Waals surface area contributed by atoms with Crippen molar-refractivity contribution in [1.82, 2.24) is 5.32 Å². The van der Waals surface area contributed by atoms with Crippen molar-refractivity contribution < 1.29 is 9.13 Å². The van der Waals surface area contributed by atoms with E-state index in [1.807, 2.05) is 12.1 Å². The van der Waals surface area contributed by atoms with Gasteiger partial charge in [-0.2, -0.15) is 0 Å². The molecule has 1 unspecified atom stereocenters. The lowest BCUT2D eigenvalue weighted by Crippen LogP contribution is -2.25. The second kappa shape index (κ2) is 10.8. The fourth-order valence-corrected chi connectivity index (χ4v) is 2.20. The fourth-order valence-electron chi connectivity index (χ4n) is 2.20. The molecule has 1 atom stereocenters. The maximum Gasteiger partial charge on any atom is 0.126 e. The fraction of sp³-hybridized carbons (Fsp3) is 0.647. The van der Waals surface area contributed by atoms with Gasteiger partial charge in [-0.05, 0) is 49.9 Å². The number of hydrogen-bond acceptors (Lipinski definition) is 2. The summed E-state index contributed by atoms with van der Waals surface area (Å²) in [6.45, 7) is 7.73. The molecule has 3 heteroatoms. The van der Waals surface area contributed by atoms with Crippen LogP contribution in [0.5, 0.6) is 0 Å². The Bertz CT molecular complexity index is 357. The Hall–Kier alpha value is -0.930. The summed E-state index contributed by atoms with van der Waals surface area (Å²) < 4.78 is 19.3. The van der Waals surface area contributed by atoms with Crippen LogP contribution in [-0.4, -0.2) is 26.3 Å². The smallest absolute Gasteiger partial charge is 0.126 e. The number of benzene rings is 1. The van der Waals surface area contributed by atoms with Gasteiger partial charge in [0.15, 0.2) is 0 Å². The average Bonchev–Trinajstić information content (AvgIpc) is 2.46. The van der Waals surface area contributed by atoms with Crippen LogP contribution >= 0.6 is 0 Å². The van der Waals surface area contributed by atoms with Crippen molar-refractivity contribution in [2.45, 2.75) is 39.5 Å². The Labute approximate surface area is 122 Å². The van der Waals surface area contributed by atoms with Crippen LogP contribution in [0.15, 0.2) is 24.3 Å². The van der Waals surface area contributed by atoms with E-state index in [2.05, 4.69) is 19.2 Å². The minimum Gasteiger partial charge on any atom is -0.381 e. The van der Waals surface area contributed by atoms with Crippen LogP contribution in [0.25, 0.3) is 0 Å². The average molecular weight is 281 g/mol. The Balaban J connectivity index is 2.41. The van der Waals surface area contributed by atoms with Crippen molar-refractivity contribution in [3.63, 3.8) is 0 Å². The van der Waals surface area contributed by atoms with Crippen LogP contribution < -0.4 is 5.32 Å². The summed E-state index contributed by atoms with van der Waals surface area (Å²) in [5.41, 5.74) is 0.809. The van der Waals surface area contributed by atoms with Crippen molar-refractivity contribution in [1.29, 1.82) is 0 Å². The summed E-state index contributed by atoms with van der Waals surface area (Å²) in [5, 5.41) is 3.36. The second-order valence-corrected chi connectivity index (χ2v) is 5.22. The van der Waals surface area contributed by atoms with E-state index < -0.39 is 0 Å². The Morgan fingerprint density at radius 3 is 2.70 bits per heavy atom. The molecule has 0 aliphatic rings. The molecule has 1 rings (SSSR count).